The second kappa shape index (κ2) is 7.40. The molecule has 2 nitrogen and oxygen atoms in total. The summed E-state index contributed by atoms with van der Waals surface area (Å²) < 4.78 is 44.6. The van der Waals surface area contributed by atoms with E-state index in [9.17, 15) is 13.2 Å². The summed E-state index contributed by atoms with van der Waals surface area (Å²) in [7, 11) is 0. The lowest BCUT2D eigenvalue weighted by molar-refractivity contribution is -0.139. The van der Waals surface area contributed by atoms with Gasteiger partial charge in [-0.15, -0.1) is 0 Å². The van der Waals surface area contributed by atoms with Gasteiger partial charge in [0.15, 0.2) is 0 Å². The van der Waals surface area contributed by atoms with Crippen molar-refractivity contribution in [1.82, 2.24) is 5.32 Å². The number of ether oxygens (including phenoxy) is 1. The molecule has 0 spiro atoms. The van der Waals surface area contributed by atoms with Crippen molar-refractivity contribution in [3.8, 4) is 5.75 Å². The Balaban J connectivity index is 2.03. The van der Waals surface area contributed by atoms with Crippen molar-refractivity contribution in [2.24, 2.45) is 0 Å². The molecule has 1 N–H and O–H groups in total. The first-order chi connectivity index (χ1) is 10.0. The van der Waals surface area contributed by atoms with E-state index < -0.39 is 11.7 Å². The summed E-state index contributed by atoms with van der Waals surface area (Å²) >= 11 is 1.65. The third-order valence-corrected chi connectivity index (χ3v) is 3.97. The lowest BCUT2D eigenvalue weighted by atomic mass is 10.1. The molecule has 0 bridgehead atoms. The van der Waals surface area contributed by atoms with Crippen LogP contribution in [0.25, 0.3) is 0 Å². The van der Waals surface area contributed by atoms with Crippen LogP contribution in [-0.2, 0) is 12.7 Å². The van der Waals surface area contributed by atoms with Gasteiger partial charge in [0.2, 0.25) is 0 Å². The van der Waals surface area contributed by atoms with Gasteiger partial charge in [-0.05, 0) is 49.0 Å². The Bertz CT molecular complexity index is 461. The molecule has 0 heterocycles. The smallest absolute Gasteiger partial charge is 0.419 e. The molecule has 1 aromatic rings. The first-order valence-corrected chi connectivity index (χ1v) is 8.45. The Morgan fingerprint density at radius 1 is 1.33 bits per heavy atom. The monoisotopic (exact) mass is 319 g/mol. The van der Waals surface area contributed by atoms with Crippen LogP contribution in [0, 0.1) is 0 Å². The fraction of sp³-hybridized carbons (Fsp3) is 0.600. The second-order valence-corrected chi connectivity index (χ2v) is 6.16. The Hall–Kier alpha value is -0.880. The van der Waals surface area contributed by atoms with Crippen LogP contribution in [-0.4, -0.2) is 24.7 Å². The maximum Gasteiger partial charge on any atom is 0.419 e. The number of benzene rings is 1. The Kier molecular flexibility index (Phi) is 5.81. The van der Waals surface area contributed by atoms with E-state index in [-0.39, 0.29) is 5.75 Å². The van der Waals surface area contributed by atoms with E-state index in [1.807, 2.05) is 6.26 Å². The van der Waals surface area contributed by atoms with Crippen LogP contribution < -0.4 is 10.1 Å². The van der Waals surface area contributed by atoms with Crippen LogP contribution >= 0.6 is 11.8 Å². The average Bonchev–Trinajstić information content (AvgIpc) is 3.25. The fourth-order valence-electron chi connectivity index (χ4n) is 1.97. The van der Waals surface area contributed by atoms with Crippen LogP contribution in [0.4, 0.5) is 13.2 Å². The summed E-state index contributed by atoms with van der Waals surface area (Å²) in [6.45, 7) is 0.782. The van der Waals surface area contributed by atoms with Gasteiger partial charge < -0.3 is 10.1 Å². The van der Waals surface area contributed by atoms with Crippen molar-refractivity contribution in [1.29, 1.82) is 0 Å². The van der Waals surface area contributed by atoms with Crippen LogP contribution in [0.2, 0.25) is 0 Å². The van der Waals surface area contributed by atoms with Crippen LogP contribution in [0.1, 0.15) is 30.4 Å². The molecule has 0 atom stereocenters. The molecule has 0 radical (unpaired) electrons. The summed E-state index contributed by atoms with van der Waals surface area (Å²) in [6.07, 6.45) is 0.544. The zero-order valence-electron chi connectivity index (χ0n) is 12.0. The predicted octanol–water partition coefficient (Wildman–Crippen LogP) is 4.09. The molecule has 0 amide bonds. The van der Waals surface area contributed by atoms with Gasteiger partial charge in [-0.1, -0.05) is 6.07 Å². The van der Waals surface area contributed by atoms with Gasteiger partial charge in [0, 0.05) is 12.6 Å². The number of hydrogen-bond acceptors (Lipinski definition) is 3. The van der Waals surface area contributed by atoms with E-state index in [0.29, 0.717) is 24.8 Å². The molecule has 2 rings (SSSR count). The molecule has 21 heavy (non-hydrogen) atoms. The molecule has 0 aliphatic heterocycles. The fourth-order valence-corrected chi connectivity index (χ4v) is 2.38. The standard InChI is InChI=1S/C15H20F3NOS/c1-21-8-2-7-20-14-6-3-11(10-19-12-4-5-12)9-13(14)15(16,17)18/h3,6,9,12,19H,2,4-5,7-8,10H2,1H3. The Morgan fingerprint density at radius 2 is 2.10 bits per heavy atom. The summed E-state index contributed by atoms with van der Waals surface area (Å²) in [5.74, 6) is 0.809. The Labute approximate surface area is 127 Å². The van der Waals surface area contributed by atoms with Gasteiger partial charge in [0.1, 0.15) is 5.75 Å². The molecule has 0 aromatic heterocycles. The Morgan fingerprint density at radius 3 is 2.71 bits per heavy atom. The van der Waals surface area contributed by atoms with E-state index >= 15 is 0 Å². The molecule has 1 aliphatic rings. The summed E-state index contributed by atoms with van der Waals surface area (Å²) in [5.41, 5.74) is -0.0348. The molecular weight excluding hydrogens is 299 g/mol. The predicted molar refractivity (Wildman–Crippen MR) is 79.8 cm³/mol. The minimum absolute atomic E-state index is 0.0706. The zero-order chi connectivity index (χ0) is 15.3. The minimum Gasteiger partial charge on any atom is -0.493 e. The summed E-state index contributed by atoms with van der Waals surface area (Å²) in [5, 5.41) is 3.22. The first kappa shape index (κ1) is 16.5. The highest BCUT2D eigenvalue weighted by atomic mass is 32.2. The topological polar surface area (TPSA) is 21.3 Å². The SMILES string of the molecule is CSCCCOc1ccc(CNC2CC2)cc1C(F)(F)F. The van der Waals surface area contributed by atoms with Crippen molar-refractivity contribution in [3.05, 3.63) is 29.3 Å². The van der Waals surface area contributed by atoms with Crippen molar-refractivity contribution >= 4 is 11.8 Å². The van der Waals surface area contributed by atoms with Gasteiger partial charge in [0.05, 0.1) is 12.2 Å². The van der Waals surface area contributed by atoms with Gasteiger partial charge in [-0.2, -0.15) is 24.9 Å². The zero-order valence-corrected chi connectivity index (χ0v) is 12.8. The van der Waals surface area contributed by atoms with E-state index in [1.165, 1.54) is 12.1 Å². The summed E-state index contributed by atoms with van der Waals surface area (Å²) in [6, 6.07) is 4.81. The molecule has 6 heteroatoms. The molecule has 0 unspecified atom stereocenters. The van der Waals surface area contributed by atoms with Crippen LogP contribution in [0.15, 0.2) is 18.2 Å². The third kappa shape index (κ3) is 5.43. The lowest BCUT2D eigenvalue weighted by Gasteiger charge is -2.15. The molecule has 1 aliphatic carbocycles. The number of nitrogens with one attached hydrogen (secondary N) is 1. The van der Waals surface area contributed by atoms with E-state index in [0.717, 1.165) is 25.0 Å². The van der Waals surface area contributed by atoms with Gasteiger partial charge in [0.25, 0.3) is 0 Å². The maximum absolute atomic E-state index is 13.1. The van der Waals surface area contributed by atoms with Crippen LogP contribution in [0.3, 0.4) is 0 Å². The van der Waals surface area contributed by atoms with E-state index in [1.54, 1.807) is 17.8 Å². The van der Waals surface area contributed by atoms with Crippen molar-refractivity contribution in [2.45, 2.75) is 38.0 Å². The van der Waals surface area contributed by atoms with Crippen LogP contribution in [0.5, 0.6) is 5.75 Å². The largest absolute Gasteiger partial charge is 0.493 e. The van der Waals surface area contributed by atoms with Crippen molar-refractivity contribution < 1.29 is 17.9 Å². The molecule has 1 saturated carbocycles. The highest BCUT2D eigenvalue weighted by Gasteiger charge is 2.34. The highest BCUT2D eigenvalue weighted by Crippen LogP contribution is 2.37. The first-order valence-electron chi connectivity index (χ1n) is 7.06. The number of hydrogen-bond donors (Lipinski definition) is 1. The molecular formula is C15H20F3NOS. The maximum atomic E-state index is 13.1. The molecule has 1 aromatic carbocycles. The average molecular weight is 319 g/mol. The third-order valence-electron chi connectivity index (χ3n) is 3.27. The molecule has 1 fully saturated rings. The van der Waals surface area contributed by atoms with Crippen molar-refractivity contribution in [3.63, 3.8) is 0 Å². The normalized spacial score (nSPS) is 15.2. The van der Waals surface area contributed by atoms with Gasteiger partial charge in [-0.25, -0.2) is 0 Å². The van der Waals surface area contributed by atoms with Crippen molar-refractivity contribution in [2.75, 3.05) is 18.6 Å². The number of rotatable bonds is 8. The lowest BCUT2D eigenvalue weighted by Crippen LogP contribution is -2.16. The van der Waals surface area contributed by atoms with E-state index in [4.69, 9.17) is 4.74 Å². The molecule has 0 saturated heterocycles. The second-order valence-electron chi connectivity index (χ2n) is 5.18. The quantitative estimate of drug-likeness (QED) is 0.729. The number of halogens is 3. The number of alkyl halides is 3. The number of thioether (sulfide) groups is 1. The van der Waals surface area contributed by atoms with Gasteiger partial charge in [-0.3, -0.25) is 0 Å². The van der Waals surface area contributed by atoms with Gasteiger partial charge >= 0.3 is 6.18 Å². The summed E-state index contributed by atoms with van der Waals surface area (Å²) in [4.78, 5) is 0. The minimum atomic E-state index is -4.38. The van der Waals surface area contributed by atoms with E-state index in [2.05, 4.69) is 5.32 Å². The molecule has 118 valence electrons. The highest BCUT2D eigenvalue weighted by molar-refractivity contribution is 7.98.